The summed E-state index contributed by atoms with van der Waals surface area (Å²) in [5.74, 6) is 2.08. The molecule has 10 aromatic rings. The van der Waals surface area contributed by atoms with Crippen LogP contribution in [0.5, 0.6) is 11.5 Å². The van der Waals surface area contributed by atoms with E-state index in [1.807, 2.05) is 24.4 Å². The number of hydrogen-bond donors (Lipinski definition) is 0. The zero-order valence-corrected chi connectivity index (χ0v) is 37.2. The first-order valence-corrected chi connectivity index (χ1v) is 22.5. The molecule has 6 aromatic carbocycles. The standard InChI is InChI=1S/C56H44N4O.Pt/c1-56(2,3)51-34-55(57-35-50(51)41-13-8-5-9-14-41)60-52-30-25-43(40-11-6-4-7-12-40)31-49(52)48-29-28-47(33-53(48)60)61-46-16-10-15-45(32-46)58-36-54-42-23-21-38-17-19-39(20-18-38)22-26-44(27-24-42)59(54)37-58;/h4-20,24-25,27-31,34-36H,21-23,26H2,1-3H3;/q-2;. The summed E-state index contributed by atoms with van der Waals surface area (Å²) in [4.78, 5) is 5.18. The van der Waals surface area contributed by atoms with Crippen LogP contribution in [0.25, 0.3) is 61.1 Å². The predicted octanol–water partition coefficient (Wildman–Crippen LogP) is 13.2. The molecule has 4 bridgehead atoms. The van der Waals surface area contributed by atoms with Crippen LogP contribution in [0.3, 0.4) is 0 Å². The minimum atomic E-state index is -0.133. The van der Waals surface area contributed by atoms with Crippen molar-refractivity contribution in [3.8, 4) is 45.3 Å². The maximum atomic E-state index is 6.70. The molecule has 62 heavy (non-hydrogen) atoms. The third-order valence-electron chi connectivity index (χ3n) is 12.3. The summed E-state index contributed by atoms with van der Waals surface area (Å²) in [5, 5.41) is 2.21. The molecule has 0 amide bonds. The van der Waals surface area contributed by atoms with Gasteiger partial charge in [0.25, 0.3) is 0 Å². The molecule has 0 unspecified atom stereocenters. The van der Waals surface area contributed by atoms with E-state index in [1.165, 1.54) is 39.0 Å². The Hall–Kier alpha value is -6.55. The summed E-state index contributed by atoms with van der Waals surface area (Å²) in [7, 11) is 0. The summed E-state index contributed by atoms with van der Waals surface area (Å²) in [6.07, 6.45) is 8.24. The predicted molar refractivity (Wildman–Crippen MR) is 247 cm³/mol. The van der Waals surface area contributed by atoms with Gasteiger partial charge in [-0.2, -0.15) is 0 Å². The van der Waals surface area contributed by atoms with Crippen LogP contribution in [-0.2, 0) is 50.5 Å². The maximum absolute atomic E-state index is 6.70. The van der Waals surface area contributed by atoms with Crippen molar-refractivity contribution in [2.75, 3.05) is 0 Å². The van der Waals surface area contributed by atoms with Gasteiger partial charge >= 0.3 is 248 Å². The number of rotatable bonds is 6. The van der Waals surface area contributed by atoms with Gasteiger partial charge in [0.2, 0.25) is 0 Å². The first kappa shape index (κ1) is 38.4. The Labute approximate surface area is 373 Å². The van der Waals surface area contributed by atoms with E-state index in [4.69, 9.17) is 9.72 Å². The van der Waals surface area contributed by atoms with Gasteiger partial charge in [0.1, 0.15) is 0 Å². The van der Waals surface area contributed by atoms with Crippen molar-refractivity contribution >= 4 is 27.3 Å². The second-order valence-corrected chi connectivity index (χ2v) is 18.4. The van der Waals surface area contributed by atoms with E-state index in [0.29, 0.717) is 11.5 Å². The molecule has 0 fully saturated rings. The zero-order valence-electron chi connectivity index (χ0n) is 34.9. The number of ether oxygens (including phenoxy) is 1. The van der Waals surface area contributed by atoms with Crippen molar-refractivity contribution < 1.29 is 24.1 Å². The van der Waals surface area contributed by atoms with Crippen LogP contribution in [0.2, 0.25) is 0 Å². The van der Waals surface area contributed by atoms with Gasteiger partial charge in [-0.15, -0.1) is 0 Å². The molecule has 0 saturated carbocycles. The summed E-state index contributed by atoms with van der Waals surface area (Å²) < 4.78 is 14.7. The van der Waals surface area contributed by atoms with Crippen molar-refractivity contribution in [3.63, 3.8) is 0 Å². The van der Waals surface area contributed by atoms with E-state index in [9.17, 15) is 0 Å². The van der Waals surface area contributed by atoms with Gasteiger partial charge in [0, 0.05) is 11.8 Å². The molecule has 2 aliphatic heterocycles. The van der Waals surface area contributed by atoms with Crippen LogP contribution < -0.4 is 4.74 Å². The number of aryl methyl sites for hydroxylation is 4. The van der Waals surface area contributed by atoms with Crippen LogP contribution in [0.15, 0.2) is 164 Å². The molecule has 0 saturated heterocycles. The fourth-order valence-corrected chi connectivity index (χ4v) is 10.1. The fourth-order valence-electron chi connectivity index (χ4n) is 9.09. The molecule has 4 aliphatic rings. The Morgan fingerprint density at radius 3 is 2.10 bits per heavy atom. The first-order chi connectivity index (χ1) is 30.2. The molecule has 5 nitrogen and oxygen atoms in total. The van der Waals surface area contributed by atoms with Gasteiger partial charge in [-0.25, -0.2) is 0 Å². The normalized spacial score (nSPS) is 12.9. The molecular weight excluding hydrogens is 940 g/mol. The Morgan fingerprint density at radius 2 is 1.34 bits per heavy atom. The van der Waals surface area contributed by atoms with Crippen LogP contribution in [-0.4, -0.2) is 18.5 Å². The molecule has 0 atom stereocenters. The van der Waals surface area contributed by atoms with Gasteiger partial charge < -0.3 is 0 Å². The molecule has 6 heterocycles. The number of fused-ring (bicyclic) bond motifs is 3. The van der Waals surface area contributed by atoms with Gasteiger partial charge in [-0.3, -0.25) is 0 Å². The number of benzene rings is 6. The van der Waals surface area contributed by atoms with E-state index in [1.54, 1.807) is 0 Å². The number of nitrogens with zero attached hydrogens (tertiary/aromatic N) is 4. The van der Waals surface area contributed by atoms with E-state index in [0.717, 1.165) is 79.5 Å². The molecule has 0 radical (unpaired) electrons. The molecule has 0 N–H and O–H groups in total. The molecule has 4 aromatic heterocycles. The number of aromatic nitrogens is 4. The van der Waals surface area contributed by atoms with Crippen molar-refractivity contribution in [1.29, 1.82) is 0 Å². The number of imidazole rings is 1. The van der Waals surface area contributed by atoms with Crippen LogP contribution in [0, 0.1) is 15.9 Å². The molecule has 6 heteroatoms. The van der Waals surface area contributed by atoms with Gasteiger partial charge in [0.15, 0.2) is 0 Å². The van der Waals surface area contributed by atoms with Crippen molar-refractivity contribution in [2.45, 2.75) is 51.9 Å². The quantitative estimate of drug-likeness (QED) is 0.156. The van der Waals surface area contributed by atoms with E-state index < -0.39 is 0 Å². The van der Waals surface area contributed by atoms with Gasteiger partial charge in [-0.1, -0.05) is 87.5 Å². The van der Waals surface area contributed by atoms with E-state index >= 15 is 0 Å². The van der Waals surface area contributed by atoms with Crippen molar-refractivity contribution in [2.24, 2.45) is 0 Å². The number of pyridine rings is 2. The van der Waals surface area contributed by atoms with E-state index in [-0.39, 0.29) is 5.41 Å². The minimum Gasteiger partial charge on any atom is -0.0622 e. The zero-order chi connectivity index (χ0) is 42.0. The summed E-state index contributed by atoms with van der Waals surface area (Å²) in [5.41, 5.74) is 15.3. The Balaban J connectivity index is 1.01. The average Bonchev–Trinajstić information content (AvgIpc) is 3.82. The van der Waals surface area contributed by atoms with Crippen molar-refractivity contribution in [1.82, 2.24) is 18.5 Å². The molecular formula is C56H44N4OPt-2. The number of hydrogen-bond acceptors (Lipinski definition) is 2. The van der Waals surface area contributed by atoms with Gasteiger partial charge in [-0.05, 0) is 27.7 Å². The van der Waals surface area contributed by atoms with Crippen LogP contribution in [0.1, 0.15) is 48.7 Å². The van der Waals surface area contributed by atoms with Gasteiger partial charge in [0.05, 0.1) is 0 Å². The third kappa shape index (κ3) is 6.95. The monoisotopic (exact) mass is 983 g/mol. The molecule has 0 spiro atoms. The van der Waals surface area contributed by atoms with Crippen LogP contribution >= 0.6 is 0 Å². The first-order valence-electron chi connectivity index (χ1n) is 21.4. The minimum absolute atomic E-state index is 0.133. The molecule has 306 valence electrons. The Bertz CT molecular complexity index is 3370. The van der Waals surface area contributed by atoms with Crippen LogP contribution in [0.4, 0.5) is 0 Å². The third-order valence-corrected chi connectivity index (χ3v) is 13.4. The SMILES string of the molecule is CC(C)(C)c1cc(-n2c3[c-]c(Oc4[c-]c(-n5cc6c7ccc(n6[c]5=[Pt])CCc5ccc(cc5)CC7)ccc4)ccc3c3cc(-c4ccccc4)ccc32)ncc1-c1ccccc1. The molecule has 14 rings (SSSR count). The fraction of sp³-hybridized carbons (Fsp3) is 0.143. The Kier molecular flexibility index (Phi) is 9.54. The topological polar surface area (TPSA) is 36.4 Å². The van der Waals surface area contributed by atoms with E-state index in [2.05, 4.69) is 205 Å². The Morgan fingerprint density at radius 1 is 0.613 bits per heavy atom. The summed E-state index contributed by atoms with van der Waals surface area (Å²) >= 11 is 2.47. The summed E-state index contributed by atoms with van der Waals surface area (Å²) in [6.45, 7) is 6.81. The van der Waals surface area contributed by atoms with Crippen molar-refractivity contribution in [3.05, 3.63) is 208 Å². The second kappa shape index (κ2) is 15.4. The smallest absolute Gasteiger partial charge is 0.0622 e. The molecule has 2 aliphatic carbocycles. The summed E-state index contributed by atoms with van der Waals surface area (Å²) in [6, 6.07) is 61.5. The second-order valence-electron chi connectivity index (χ2n) is 17.4. The average molecular weight is 984 g/mol.